The summed E-state index contributed by atoms with van der Waals surface area (Å²) in [4.78, 5) is 34.6. The van der Waals surface area contributed by atoms with Crippen molar-refractivity contribution in [1.82, 2.24) is 20.4 Å². The van der Waals surface area contributed by atoms with Gasteiger partial charge in [-0.3, -0.25) is 14.7 Å². The van der Waals surface area contributed by atoms with Crippen LogP contribution in [0.5, 0.6) is 5.75 Å². The van der Waals surface area contributed by atoms with E-state index in [4.69, 9.17) is 32.9 Å². The summed E-state index contributed by atoms with van der Waals surface area (Å²) in [7, 11) is 0. The van der Waals surface area contributed by atoms with Crippen molar-refractivity contribution < 1.29 is 40.7 Å². The van der Waals surface area contributed by atoms with Crippen LogP contribution in [0.4, 0.5) is 31.1 Å². The number of amides is 3. The third-order valence-electron chi connectivity index (χ3n) is 8.35. The molecule has 2 atom stereocenters. The molecule has 0 aliphatic carbocycles. The molecular formula is C34H33Cl2F6N5O3. The van der Waals surface area contributed by atoms with E-state index in [0.717, 1.165) is 12.1 Å². The fourth-order valence-electron chi connectivity index (χ4n) is 5.94. The van der Waals surface area contributed by atoms with E-state index in [9.17, 15) is 35.9 Å². The van der Waals surface area contributed by atoms with Gasteiger partial charge < -0.3 is 20.3 Å². The fourth-order valence-corrected chi connectivity index (χ4v) is 6.19. The maximum atomic E-state index is 14.6. The van der Waals surface area contributed by atoms with Gasteiger partial charge in [0, 0.05) is 29.2 Å². The third kappa shape index (κ3) is 9.01. The molecule has 2 N–H and O–H groups in total. The second-order valence-electron chi connectivity index (χ2n) is 11.8. The van der Waals surface area contributed by atoms with E-state index in [2.05, 4.69) is 5.32 Å². The van der Waals surface area contributed by atoms with Crippen LogP contribution in [0.3, 0.4) is 0 Å². The second kappa shape index (κ2) is 15.5. The van der Waals surface area contributed by atoms with E-state index in [1.54, 1.807) is 60.4 Å². The first-order valence-electron chi connectivity index (χ1n) is 15.7. The molecule has 268 valence electrons. The number of carbonyl (C=O) groups is 2. The fraction of sp³-hybridized carbons (Fsp3) is 0.382. The van der Waals surface area contributed by atoms with Gasteiger partial charge in [0.2, 0.25) is 5.91 Å². The summed E-state index contributed by atoms with van der Waals surface area (Å²) in [6.45, 7) is 0.354. The van der Waals surface area contributed by atoms with Gasteiger partial charge in [0.25, 0.3) is 0 Å². The number of amidine groups is 1. The van der Waals surface area contributed by atoms with Gasteiger partial charge in [0.15, 0.2) is 0 Å². The number of hydrogen-bond acceptors (Lipinski definition) is 5. The smallest absolute Gasteiger partial charge is 0.416 e. The molecule has 0 saturated carbocycles. The maximum Gasteiger partial charge on any atom is 0.416 e. The summed E-state index contributed by atoms with van der Waals surface area (Å²) in [6.07, 6.45) is -8.41. The zero-order chi connectivity index (χ0) is 36.2. The highest BCUT2D eigenvalue weighted by Gasteiger charge is 2.45. The van der Waals surface area contributed by atoms with Crippen LogP contribution in [0.1, 0.15) is 54.1 Å². The van der Waals surface area contributed by atoms with E-state index < -0.39 is 48.5 Å². The molecule has 0 radical (unpaired) electrons. The summed E-state index contributed by atoms with van der Waals surface area (Å²) < 4.78 is 84.4. The van der Waals surface area contributed by atoms with Gasteiger partial charge in [-0.1, -0.05) is 47.5 Å². The van der Waals surface area contributed by atoms with Gasteiger partial charge in [-0.15, -0.1) is 0 Å². The van der Waals surface area contributed by atoms with Gasteiger partial charge in [-0.2, -0.15) is 26.3 Å². The Labute approximate surface area is 294 Å². The molecular weight excluding hydrogens is 711 g/mol. The standard InChI is InChI=1S/C34H33Cl2F6N5O3/c1-2-50-27-17-22(34(40,41)42)7-12-26(27)31-45-29(20-3-8-23(35)9-4-20)30(21-5-10-24(36)11-6-21)47(31)32(49)46-15-13-25(14-16-46)43-18-28(48)44-19-33(37,38)39/h3-12,17,25,29-30,43H,2,13-16,18-19H2,1H3,(H,44,48). The average molecular weight is 745 g/mol. The molecule has 3 aromatic rings. The SMILES string of the molecule is CCOc1cc(C(F)(F)F)ccc1C1=NC(c2ccc(Cl)cc2)C(c2ccc(Cl)cc2)N1C(=O)N1CCC(NCC(=O)NCC(F)(F)F)CC1. The highest BCUT2D eigenvalue weighted by Crippen LogP contribution is 2.46. The van der Waals surface area contributed by atoms with Crippen molar-refractivity contribution in [1.29, 1.82) is 0 Å². The minimum Gasteiger partial charge on any atom is -0.493 e. The lowest BCUT2D eigenvalue weighted by molar-refractivity contribution is -0.138. The van der Waals surface area contributed by atoms with Crippen LogP contribution in [0.2, 0.25) is 10.0 Å². The van der Waals surface area contributed by atoms with Gasteiger partial charge in [0.1, 0.15) is 24.2 Å². The van der Waals surface area contributed by atoms with Crippen molar-refractivity contribution in [3.05, 3.63) is 99.0 Å². The molecule has 5 rings (SSSR count). The van der Waals surface area contributed by atoms with E-state index in [1.165, 1.54) is 11.0 Å². The lowest BCUT2D eigenvalue weighted by atomic mass is 9.93. The lowest BCUT2D eigenvalue weighted by Crippen LogP contribution is -2.52. The number of benzene rings is 3. The normalized spacial score (nSPS) is 18.6. The van der Waals surface area contributed by atoms with Crippen molar-refractivity contribution in [2.24, 2.45) is 4.99 Å². The Morgan fingerprint density at radius 1 is 0.900 bits per heavy atom. The summed E-state index contributed by atoms with van der Waals surface area (Å²) in [6, 6.07) is 14.6. The molecule has 3 amide bonds. The molecule has 16 heteroatoms. The van der Waals surface area contributed by atoms with Crippen LogP contribution in [0, 0.1) is 0 Å². The number of alkyl halides is 6. The summed E-state index contributed by atoms with van der Waals surface area (Å²) in [5, 5.41) is 5.69. The quantitative estimate of drug-likeness (QED) is 0.219. The van der Waals surface area contributed by atoms with E-state index in [-0.39, 0.29) is 49.4 Å². The number of urea groups is 1. The number of rotatable bonds is 9. The summed E-state index contributed by atoms with van der Waals surface area (Å²) in [5.41, 5.74) is 0.614. The Bertz CT molecular complexity index is 1700. The first-order chi connectivity index (χ1) is 23.6. The minimum atomic E-state index is -4.65. The Balaban J connectivity index is 1.49. The molecule has 0 aromatic heterocycles. The summed E-state index contributed by atoms with van der Waals surface area (Å²) in [5.74, 6) is -0.801. The molecule has 0 bridgehead atoms. The minimum absolute atomic E-state index is 0.0471. The highest BCUT2D eigenvalue weighted by molar-refractivity contribution is 6.30. The van der Waals surface area contributed by atoms with Crippen LogP contribution in [0.25, 0.3) is 0 Å². The predicted molar refractivity (Wildman–Crippen MR) is 176 cm³/mol. The van der Waals surface area contributed by atoms with Crippen LogP contribution in [-0.2, 0) is 11.0 Å². The number of aliphatic imine (C=N–C) groups is 1. The molecule has 1 fully saturated rings. The average Bonchev–Trinajstić information content (AvgIpc) is 3.46. The van der Waals surface area contributed by atoms with E-state index in [0.29, 0.717) is 34.0 Å². The van der Waals surface area contributed by atoms with Gasteiger partial charge in [0.05, 0.1) is 30.3 Å². The molecule has 2 unspecified atom stereocenters. The van der Waals surface area contributed by atoms with Crippen LogP contribution < -0.4 is 15.4 Å². The number of carbonyl (C=O) groups excluding carboxylic acids is 2. The molecule has 50 heavy (non-hydrogen) atoms. The van der Waals surface area contributed by atoms with Crippen LogP contribution in [0.15, 0.2) is 71.7 Å². The third-order valence-corrected chi connectivity index (χ3v) is 8.85. The molecule has 2 heterocycles. The molecule has 0 spiro atoms. The van der Waals surface area contributed by atoms with Crippen molar-refractivity contribution in [2.45, 2.75) is 50.2 Å². The maximum absolute atomic E-state index is 14.6. The van der Waals surface area contributed by atoms with Gasteiger partial charge in [-0.05, 0) is 73.4 Å². The largest absolute Gasteiger partial charge is 0.493 e. The Kier molecular flexibility index (Phi) is 11.5. The number of nitrogens with zero attached hydrogens (tertiary/aromatic N) is 3. The van der Waals surface area contributed by atoms with Crippen LogP contribution in [-0.4, -0.2) is 72.6 Å². The first-order valence-corrected chi connectivity index (χ1v) is 16.5. The lowest BCUT2D eigenvalue weighted by Gasteiger charge is -2.38. The first kappa shape index (κ1) is 37.3. The Morgan fingerprint density at radius 3 is 2.06 bits per heavy atom. The summed E-state index contributed by atoms with van der Waals surface area (Å²) >= 11 is 12.4. The molecule has 1 saturated heterocycles. The molecule has 8 nitrogen and oxygen atoms in total. The van der Waals surface area contributed by atoms with Crippen LogP contribution >= 0.6 is 23.2 Å². The van der Waals surface area contributed by atoms with Gasteiger partial charge in [-0.25, -0.2) is 4.79 Å². The number of piperidine rings is 1. The number of likely N-dealkylation sites (tertiary alicyclic amines) is 1. The number of nitrogens with one attached hydrogen (secondary N) is 2. The second-order valence-corrected chi connectivity index (χ2v) is 12.6. The van der Waals surface area contributed by atoms with Crippen molar-refractivity contribution >= 4 is 41.0 Å². The highest BCUT2D eigenvalue weighted by atomic mass is 35.5. The topological polar surface area (TPSA) is 86.3 Å². The molecule has 3 aromatic carbocycles. The predicted octanol–water partition coefficient (Wildman–Crippen LogP) is 7.81. The van der Waals surface area contributed by atoms with Crippen molar-refractivity contribution in [3.63, 3.8) is 0 Å². The van der Waals surface area contributed by atoms with Crippen molar-refractivity contribution in [2.75, 3.05) is 32.8 Å². The molecule has 2 aliphatic rings. The van der Waals surface area contributed by atoms with Crippen molar-refractivity contribution in [3.8, 4) is 5.75 Å². The Morgan fingerprint density at radius 2 is 1.50 bits per heavy atom. The van der Waals surface area contributed by atoms with Gasteiger partial charge >= 0.3 is 18.4 Å². The molecule has 2 aliphatic heterocycles. The number of ether oxygens (including phenoxy) is 1. The number of hydrogen-bond donors (Lipinski definition) is 2. The Hall–Kier alpha value is -4.01. The van der Waals surface area contributed by atoms with E-state index in [1.807, 2.05) is 5.32 Å². The number of halogens is 8. The zero-order valence-electron chi connectivity index (χ0n) is 26.6. The van der Waals surface area contributed by atoms with E-state index >= 15 is 0 Å². The zero-order valence-corrected chi connectivity index (χ0v) is 28.1. The monoisotopic (exact) mass is 743 g/mol.